The van der Waals surface area contributed by atoms with Crippen molar-refractivity contribution < 1.29 is 0 Å². The fraction of sp³-hybridized carbons (Fsp3) is 0.500. The molecule has 3 N–H and O–H groups in total. The normalized spacial score (nSPS) is 9.83. The lowest BCUT2D eigenvalue weighted by Crippen LogP contribution is -2.03. The number of anilines is 2. The van der Waals surface area contributed by atoms with E-state index in [1.165, 1.54) is 0 Å². The zero-order chi connectivity index (χ0) is 8.97. The molecular formula is C8H14N4. The van der Waals surface area contributed by atoms with Crippen molar-refractivity contribution in [1.82, 2.24) is 9.97 Å². The molecular weight excluding hydrogens is 152 g/mol. The highest BCUT2D eigenvalue weighted by Crippen LogP contribution is 2.12. The third kappa shape index (κ3) is 1.84. The average molecular weight is 166 g/mol. The summed E-state index contributed by atoms with van der Waals surface area (Å²) in [7, 11) is 1.80. The first-order valence-electron chi connectivity index (χ1n) is 4.07. The van der Waals surface area contributed by atoms with Gasteiger partial charge in [0, 0.05) is 13.5 Å². The molecule has 0 fully saturated rings. The Morgan fingerprint density at radius 3 is 2.92 bits per heavy atom. The number of hydrogen-bond donors (Lipinski definition) is 2. The van der Waals surface area contributed by atoms with Crippen LogP contribution in [0.1, 0.15) is 19.2 Å². The van der Waals surface area contributed by atoms with Crippen molar-refractivity contribution >= 4 is 11.5 Å². The number of rotatable bonds is 3. The lowest BCUT2D eigenvalue weighted by molar-refractivity contribution is 0.837. The third-order valence-electron chi connectivity index (χ3n) is 1.58. The van der Waals surface area contributed by atoms with Gasteiger partial charge in [-0.2, -0.15) is 0 Å². The Morgan fingerprint density at radius 1 is 1.58 bits per heavy atom. The molecule has 0 saturated carbocycles. The van der Waals surface area contributed by atoms with Gasteiger partial charge >= 0.3 is 0 Å². The fourth-order valence-electron chi connectivity index (χ4n) is 0.972. The molecule has 0 aliphatic carbocycles. The van der Waals surface area contributed by atoms with Gasteiger partial charge < -0.3 is 11.1 Å². The minimum Gasteiger partial charge on any atom is -0.394 e. The molecule has 4 nitrogen and oxygen atoms in total. The summed E-state index contributed by atoms with van der Waals surface area (Å²) >= 11 is 0. The highest BCUT2D eigenvalue weighted by molar-refractivity contribution is 5.58. The maximum atomic E-state index is 5.61. The molecule has 12 heavy (non-hydrogen) atoms. The number of aromatic nitrogens is 2. The summed E-state index contributed by atoms with van der Waals surface area (Å²) in [5.41, 5.74) is 6.20. The smallest absolute Gasteiger partial charge is 0.152 e. The standard InChI is InChI=1S/C8H14N4/c1-3-4-7-11-5-6(9)8(10-2)12-7/h5H,3-4,9H2,1-2H3,(H,10,11,12). The quantitative estimate of drug-likeness (QED) is 0.704. The van der Waals surface area contributed by atoms with Crippen LogP contribution in [0.4, 0.5) is 11.5 Å². The fourth-order valence-corrected chi connectivity index (χ4v) is 0.972. The molecule has 1 heterocycles. The molecule has 0 aliphatic rings. The van der Waals surface area contributed by atoms with E-state index in [0.29, 0.717) is 11.5 Å². The van der Waals surface area contributed by atoms with Gasteiger partial charge in [0.1, 0.15) is 5.82 Å². The van der Waals surface area contributed by atoms with E-state index in [9.17, 15) is 0 Å². The van der Waals surface area contributed by atoms with E-state index in [-0.39, 0.29) is 0 Å². The molecule has 1 aromatic rings. The molecule has 0 saturated heterocycles. The molecule has 0 aliphatic heterocycles. The van der Waals surface area contributed by atoms with Gasteiger partial charge in [0.2, 0.25) is 0 Å². The van der Waals surface area contributed by atoms with Crippen molar-refractivity contribution in [1.29, 1.82) is 0 Å². The molecule has 0 atom stereocenters. The second-order valence-electron chi connectivity index (χ2n) is 2.59. The minimum absolute atomic E-state index is 0.595. The maximum Gasteiger partial charge on any atom is 0.152 e. The van der Waals surface area contributed by atoms with E-state index in [0.717, 1.165) is 18.7 Å². The summed E-state index contributed by atoms with van der Waals surface area (Å²) in [6.45, 7) is 2.10. The first-order chi connectivity index (χ1) is 5.77. The summed E-state index contributed by atoms with van der Waals surface area (Å²) in [5.74, 6) is 1.56. The average Bonchev–Trinajstić information content (AvgIpc) is 2.09. The van der Waals surface area contributed by atoms with Crippen molar-refractivity contribution in [2.24, 2.45) is 0 Å². The number of nitrogens with two attached hydrogens (primary N) is 1. The Kier molecular flexibility index (Phi) is 2.85. The van der Waals surface area contributed by atoms with Crippen molar-refractivity contribution in [2.45, 2.75) is 19.8 Å². The van der Waals surface area contributed by atoms with Gasteiger partial charge in [-0.3, -0.25) is 0 Å². The van der Waals surface area contributed by atoms with Gasteiger partial charge in [-0.25, -0.2) is 9.97 Å². The zero-order valence-electron chi connectivity index (χ0n) is 7.46. The SMILES string of the molecule is CCCc1ncc(N)c(NC)n1. The number of nitrogens with one attached hydrogen (secondary N) is 1. The van der Waals surface area contributed by atoms with Crippen LogP contribution in [0.5, 0.6) is 0 Å². The van der Waals surface area contributed by atoms with Crippen LogP contribution in [-0.2, 0) is 6.42 Å². The van der Waals surface area contributed by atoms with Gasteiger partial charge in [0.05, 0.1) is 11.9 Å². The van der Waals surface area contributed by atoms with Crippen LogP contribution in [0.25, 0.3) is 0 Å². The minimum atomic E-state index is 0.595. The zero-order valence-corrected chi connectivity index (χ0v) is 7.46. The van der Waals surface area contributed by atoms with Crippen LogP contribution in [0.2, 0.25) is 0 Å². The molecule has 1 aromatic heterocycles. The van der Waals surface area contributed by atoms with Crippen molar-refractivity contribution in [3.8, 4) is 0 Å². The van der Waals surface area contributed by atoms with Crippen LogP contribution in [0.15, 0.2) is 6.20 Å². The molecule has 0 radical (unpaired) electrons. The second kappa shape index (κ2) is 3.90. The highest BCUT2D eigenvalue weighted by atomic mass is 15.0. The number of nitrogen functional groups attached to an aromatic ring is 1. The summed E-state index contributed by atoms with van der Waals surface area (Å²) in [6.07, 6.45) is 3.59. The van der Waals surface area contributed by atoms with Crippen LogP contribution < -0.4 is 11.1 Å². The summed E-state index contributed by atoms with van der Waals surface area (Å²) < 4.78 is 0. The highest BCUT2D eigenvalue weighted by Gasteiger charge is 2.00. The first-order valence-corrected chi connectivity index (χ1v) is 4.07. The van der Waals surface area contributed by atoms with Crippen LogP contribution in [0, 0.1) is 0 Å². The Balaban J connectivity index is 2.89. The van der Waals surface area contributed by atoms with Crippen molar-refractivity contribution in [2.75, 3.05) is 18.1 Å². The Bertz CT molecular complexity index is 259. The Labute approximate surface area is 72.2 Å². The van der Waals surface area contributed by atoms with E-state index in [1.807, 2.05) is 0 Å². The monoisotopic (exact) mass is 166 g/mol. The van der Waals surface area contributed by atoms with E-state index in [2.05, 4.69) is 22.2 Å². The lowest BCUT2D eigenvalue weighted by Gasteiger charge is -2.04. The lowest BCUT2D eigenvalue weighted by atomic mass is 10.3. The first kappa shape index (κ1) is 8.77. The molecule has 1 rings (SSSR count). The Morgan fingerprint density at radius 2 is 2.33 bits per heavy atom. The summed E-state index contributed by atoms with van der Waals surface area (Å²) in [4.78, 5) is 8.33. The third-order valence-corrected chi connectivity index (χ3v) is 1.58. The largest absolute Gasteiger partial charge is 0.394 e. The molecule has 0 amide bonds. The van der Waals surface area contributed by atoms with E-state index >= 15 is 0 Å². The van der Waals surface area contributed by atoms with E-state index in [4.69, 9.17) is 5.73 Å². The molecule has 0 bridgehead atoms. The van der Waals surface area contributed by atoms with E-state index in [1.54, 1.807) is 13.2 Å². The summed E-state index contributed by atoms with van der Waals surface area (Å²) in [5, 5.41) is 2.92. The molecule has 66 valence electrons. The van der Waals surface area contributed by atoms with Gasteiger partial charge in [0.25, 0.3) is 0 Å². The second-order valence-corrected chi connectivity index (χ2v) is 2.59. The predicted molar refractivity (Wildman–Crippen MR) is 50.0 cm³/mol. The number of hydrogen-bond acceptors (Lipinski definition) is 4. The van der Waals surface area contributed by atoms with Crippen LogP contribution in [-0.4, -0.2) is 17.0 Å². The molecule has 0 spiro atoms. The van der Waals surface area contributed by atoms with Gasteiger partial charge in [-0.05, 0) is 6.42 Å². The Hall–Kier alpha value is -1.32. The molecule has 4 heteroatoms. The summed E-state index contributed by atoms with van der Waals surface area (Å²) in [6, 6.07) is 0. The topological polar surface area (TPSA) is 63.8 Å². The van der Waals surface area contributed by atoms with Crippen molar-refractivity contribution in [3.63, 3.8) is 0 Å². The van der Waals surface area contributed by atoms with Gasteiger partial charge in [-0.1, -0.05) is 6.92 Å². The van der Waals surface area contributed by atoms with Gasteiger partial charge in [0.15, 0.2) is 5.82 Å². The molecule has 0 unspecified atom stereocenters. The van der Waals surface area contributed by atoms with Gasteiger partial charge in [-0.15, -0.1) is 0 Å². The molecule has 0 aromatic carbocycles. The number of nitrogens with zero attached hydrogens (tertiary/aromatic N) is 2. The number of aryl methyl sites for hydroxylation is 1. The van der Waals surface area contributed by atoms with Crippen LogP contribution >= 0.6 is 0 Å². The predicted octanol–water partition coefficient (Wildman–Crippen LogP) is 1.05. The van der Waals surface area contributed by atoms with E-state index < -0.39 is 0 Å². The van der Waals surface area contributed by atoms with Crippen LogP contribution in [0.3, 0.4) is 0 Å². The van der Waals surface area contributed by atoms with Crippen molar-refractivity contribution in [3.05, 3.63) is 12.0 Å². The maximum absolute atomic E-state index is 5.61.